The number of aromatic nitrogens is 6. The fraction of sp³-hybridized carbons (Fsp3) is 0.214. The van der Waals surface area contributed by atoms with Gasteiger partial charge >= 0.3 is 6.18 Å². The topological polar surface area (TPSA) is 73.9 Å². The SMILES string of the molecule is COc1nc(-c2nc3n(n2)CCN(c2ccccc2)[C@@H]3c2ccc(C(F)(F)F)cc2)ccc1-n1cnc(C)c1. The molecule has 0 amide bonds. The first-order valence-electron chi connectivity index (χ1n) is 12.3. The largest absolute Gasteiger partial charge is 0.479 e. The number of alkyl halides is 3. The van der Waals surface area contributed by atoms with E-state index in [9.17, 15) is 13.2 Å². The predicted molar refractivity (Wildman–Crippen MR) is 139 cm³/mol. The summed E-state index contributed by atoms with van der Waals surface area (Å²) in [6.07, 6.45) is -0.849. The highest BCUT2D eigenvalue weighted by Gasteiger charge is 2.35. The highest BCUT2D eigenvalue weighted by atomic mass is 19.4. The van der Waals surface area contributed by atoms with E-state index in [1.807, 2.05) is 60.2 Å². The summed E-state index contributed by atoms with van der Waals surface area (Å²) in [4.78, 5) is 15.9. The molecule has 4 heterocycles. The van der Waals surface area contributed by atoms with Crippen molar-refractivity contribution < 1.29 is 17.9 Å². The summed E-state index contributed by atoms with van der Waals surface area (Å²) in [6, 6.07) is 18.2. The zero-order chi connectivity index (χ0) is 27.1. The van der Waals surface area contributed by atoms with Gasteiger partial charge < -0.3 is 14.2 Å². The van der Waals surface area contributed by atoms with Gasteiger partial charge in [0.15, 0.2) is 11.6 Å². The molecule has 1 atom stereocenters. The van der Waals surface area contributed by atoms with Gasteiger partial charge in [-0.1, -0.05) is 30.3 Å². The van der Waals surface area contributed by atoms with Crippen molar-refractivity contribution in [3.8, 4) is 23.1 Å². The second-order valence-electron chi connectivity index (χ2n) is 9.22. The highest BCUT2D eigenvalue weighted by molar-refractivity contribution is 5.57. The first-order valence-corrected chi connectivity index (χ1v) is 12.3. The minimum Gasteiger partial charge on any atom is -0.479 e. The smallest absolute Gasteiger partial charge is 0.416 e. The van der Waals surface area contributed by atoms with Crippen molar-refractivity contribution in [1.82, 2.24) is 29.3 Å². The number of hydrogen-bond donors (Lipinski definition) is 0. The van der Waals surface area contributed by atoms with Crippen LogP contribution >= 0.6 is 0 Å². The van der Waals surface area contributed by atoms with Crippen molar-refractivity contribution in [2.24, 2.45) is 0 Å². The molecule has 8 nitrogen and oxygen atoms in total. The maximum Gasteiger partial charge on any atom is 0.416 e. The van der Waals surface area contributed by atoms with Gasteiger partial charge in [0.2, 0.25) is 5.88 Å². The Hall–Kier alpha value is -4.67. The Balaban J connectivity index is 1.42. The van der Waals surface area contributed by atoms with Gasteiger partial charge in [0, 0.05) is 18.4 Å². The number of anilines is 1. The van der Waals surface area contributed by atoms with Gasteiger partial charge in [0.25, 0.3) is 0 Å². The third kappa shape index (κ3) is 4.60. The first-order chi connectivity index (χ1) is 18.8. The molecular formula is C28H24F3N7O. The van der Waals surface area contributed by atoms with E-state index >= 15 is 0 Å². The molecule has 39 heavy (non-hydrogen) atoms. The molecule has 1 aliphatic rings. The molecule has 198 valence electrons. The Morgan fingerprint density at radius 2 is 1.69 bits per heavy atom. The van der Waals surface area contributed by atoms with Gasteiger partial charge in [-0.25, -0.2) is 19.6 Å². The minimum atomic E-state index is -4.41. The molecular weight excluding hydrogens is 507 g/mol. The van der Waals surface area contributed by atoms with E-state index in [0.29, 0.717) is 41.9 Å². The highest BCUT2D eigenvalue weighted by Crippen LogP contribution is 2.37. The molecule has 0 radical (unpaired) electrons. The fourth-order valence-electron chi connectivity index (χ4n) is 4.84. The van der Waals surface area contributed by atoms with Crippen LogP contribution in [0.25, 0.3) is 17.2 Å². The van der Waals surface area contributed by atoms with Crippen molar-refractivity contribution in [2.45, 2.75) is 25.7 Å². The van der Waals surface area contributed by atoms with Crippen LogP contribution in [0.2, 0.25) is 0 Å². The first kappa shape index (κ1) is 24.7. The zero-order valence-electron chi connectivity index (χ0n) is 21.2. The lowest BCUT2D eigenvalue weighted by atomic mass is 10.00. The van der Waals surface area contributed by atoms with Crippen LogP contribution < -0.4 is 9.64 Å². The Kier molecular flexibility index (Phi) is 6.05. The molecule has 3 aromatic heterocycles. The third-order valence-corrected chi connectivity index (χ3v) is 6.70. The fourth-order valence-corrected chi connectivity index (χ4v) is 4.84. The molecule has 11 heteroatoms. The Labute approximate surface area is 222 Å². The van der Waals surface area contributed by atoms with E-state index in [2.05, 4.69) is 14.9 Å². The quantitative estimate of drug-likeness (QED) is 0.300. The molecule has 0 fully saturated rings. The van der Waals surface area contributed by atoms with Crippen molar-refractivity contribution in [2.75, 3.05) is 18.6 Å². The molecule has 0 saturated heterocycles. The average Bonchev–Trinajstić information content (AvgIpc) is 3.58. The number of halogens is 3. The summed E-state index contributed by atoms with van der Waals surface area (Å²) < 4.78 is 49.0. The van der Waals surface area contributed by atoms with E-state index in [1.165, 1.54) is 12.1 Å². The van der Waals surface area contributed by atoms with Crippen molar-refractivity contribution in [1.29, 1.82) is 0 Å². The zero-order valence-corrected chi connectivity index (χ0v) is 21.2. The molecule has 2 aromatic carbocycles. The van der Waals surface area contributed by atoms with Crippen LogP contribution in [-0.4, -0.2) is 43.0 Å². The number of methoxy groups -OCH3 is 1. The van der Waals surface area contributed by atoms with Crippen LogP contribution in [0.15, 0.2) is 79.3 Å². The number of fused-ring (bicyclic) bond motifs is 1. The maximum atomic E-state index is 13.3. The average molecular weight is 532 g/mol. The minimum absolute atomic E-state index is 0.392. The molecule has 1 aliphatic heterocycles. The second-order valence-corrected chi connectivity index (χ2v) is 9.22. The lowest BCUT2D eigenvalue weighted by Crippen LogP contribution is -2.39. The lowest BCUT2D eigenvalue weighted by molar-refractivity contribution is -0.137. The normalized spacial score (nSPS) is 15.3. The Bertz CT molecular complexity index is 1610. The van der Waals surface area contributed by atoms with Crippen molar-refractivity contribution in [3.63, 3.8) is 0 Å². The molecule has 0 spiro atoms. The monoisotopic (exact) mass is 531 g/mol. The summed E-state index contributed by atoms with van der Waals surface area (Å²) in [5.74, 6) is 1.42. The number of imidazole rings is 1. The van der Waals surface area contributed by atoms with Gasteiger partial charge in [0.1, 0.15) is 17.4 Å². The number of ether oxygens (including phenoxy) is 1. The number of nitrogens with zero attached hydrogens (tertiary/aromatic N) is 7. The van der Waals surface area contributed by atoms with Crippen LogP contribution in [-0.2, 0) is 12.7 Å². The Morgan fingerprint density at radius 1 is 0.923 bits per heavy atom. The molecule has 0 saturated carbocycles. The van der Waals surface area contributed by atoms with Gasteiger partial charge in [0.05, 0.1) is 31.2 Å². The summed E-state index contributed by atoms with van der Waals surface area (Å²) >= 11 is 0. The molecule has 0 bridgehead atoms. The van der Waals surface area contributed by atoms with E-state index in [4.69, 9.17) is 14.8 Å². The molecule has 5 aromatic rings. The van der Waals surface area contributed by atoms with E-state index in [-0.39, 0.29) is 0 Å². The summed E-state index contributed by atoms with van der Waals surface area (Å²) in [5, 5.41) is 4.73. The van der Waals surface area contributed by atoms with Crippen LogP contribution in [0.4, 0.5) is 18.9 Å². The summed E-state index contributed by atoms with van der Waals surface area (Å²) in [6.45, 7) is 3.05. The lowest BCUT2D eigenvalue weighted by Gasteiger charge is -2.37. The van der Waals surface area contributed by atoms with Crippen molar-refractivity contribution >= 4 is 5.69 Å². The summed E-state index contributed by atoms with van der Waals surface area (Å²) in [5.41, 5.74) is 3.04. The van der Waals surface area contributed by atoms with Crippen LogP contribution in [0.1, 0.15) is 28.7 Å². The maximum absolute atomic E-state index is 13.3. The number of pyridine rings is 1. The number of hydrogen-bond acceptors (Lipinski definition) is 6. The molecule has 0 unspecified atom stereocenters. The van der Waals surface area contributed by atoms with Crippen LogP contribution in [0.5, 0.6) is 5.88 Å². The molecule has 6 rings (SSSR count). The van der Waals surface area contributed by atoms with Gasteiger partial charge in [-0.05, 0) is 48.9 Å². The number of para-hydroxylation sites is 1. The third-order valence-electron chi connectivity index (χ3n) is 6.70. The number of benzene rings is 2. The van der Waals surface area contributed by atoms with Gasteiger partial charge in [-0.15, -0.1) is 5.10 Å². The van der Waals surface area contributed by atoms with Crippen molar-refractivity contribution in [3.05, 3.63) is 102 Å². The van der Waals surface area contributed by atoms with Crippen LogP contribution in [0, 0.1) is 6.92 Å². The van der Waals surface area contributed by atoms with Crippen LogP contribution in [0.3, 0.4) is 0 Å². The number of rotatable bonds is 5. The second kappa shape index (κ2) is 9.57. The summed E-state index contributed by atoms with van der Waals surface area (Å²) in [7, 11) is 1.55. The molecule has 0 aliphatic carbocycles. The molecule has 0 N–H and O–H groups in total. The standard InChI is InChI=1S/C28H24F3N7O/c1-18-16-36(17-32-18)23-13-12-22(33-27(23)39-2)25-34-26-24(19-8-10-20(11-9-19)28(29,30)31)37(14-15-38(26)35-25)21-6-4-3-5-7-21/h3-13,16-17,24H,14-15H2,1-2H3/t24-/m1/s1. The van der Waals surface area contributed by atoms with Gasteiger partial charge in [-0.2, -0.15) is 13.2 Å². The number of aryl methyl sites for hydroxylation is 1. The predicted octanol–water partition coefficient (Wildman–Crippen LogP) is 5.47. The Morgan fingerprint density at radius 3 is 2.36 bits per heavy atom. The van der Waals surface area contributed by atoms with E-state index in [1.54, 1.807) is 18.1 Å². The van der Waals surface area contributed by atoms with E-state index < -0.39 is 17.8 Å². The van der Waals surface area contributed by atoms with E-state index in [0.717, 1.165) is 29.2 Å². The van der Waals surface area contributed by atoms with Gasteiger partial charge in [-0.3, -0.25) is 0 Å².